The molecule has 2 aliphatic heterocycles. The van der Waals surface area contributed by atoms with E-state index in [4.69, 9.17) is 0 Å². The van der Waals surface area contributed by atoms with Crippen LogP contribution < -0.4 is 10.2 Å². The van der Waals surface area contributed by atoms with Gasteiger partial charge in [0.1, 0.15) is 0 Å². The summed E-state index contributed by atoms with van der Waals surface area (Å²) in [6, 6.07) is 10.4. The zero-order valence-corrected chi connectivity index (χ0v) is 19.1. The molecular weight excluding hydrogens is 412 g/mol. The second kappa shape index (κ2) is 8.15. The van der Waals surface area contributed by atoms with Gasteiger partial charge in [-0.25, -0.2) is 0 Å². The highest BCUT2D eigenvalue weighted by atomic mass is 16.2. The average molecular weight is 445 g/mol. The third kappa shape index (κ3) is 4.00. The molecule has 6 rings (SSSR count). The number of fused-ring (bicyclic) bond motifs is 1. The monoisotopic (exact) mass is 444 g/mol. The molecule has 33 heavy (non-hydrogen) atoms. The van der Waals surface area contributed by atoms with Crippen LogP contribution in [0.2, 0.25) is 0 Å². The molecule has 4 aliphatic rings. The highest BCUT2D eigenvalue weighted by Crippen LogP contribution is 2.42. The number of nitrogens with one attached hydrogen (secondary N) is 1. The Hall–Kier alpha value is -2.89. The minimum atomic E-state index is 0.0586. The first kappa shape index (κ1) is 20.7. The number of aryl methyl sites for hydroxylation is 1. The number of pyridine rings is 1. The molecule has 1 aromatic carbocycles. The van der Waals surface area contributed by atoms with Crippen molar-refractivity contribution in [1.29, 1.82) is 0 Å². The van der Waals surface area contributed by atoms with Gasteiger partial charge in [-0.15, -0.1) is 0 Å². The molecule has 2 aliphatic carbocycles. The molecule has 1 spiro atoms. The van der Waals surface area contributed by atoms with Gasteiger partial charge in [0.25, 0.3) is 5.91 Å². The number of hydrogen-bond acceptors (Lipinski definition) is 4. The maximum absolute atomic E-state index is 13.4. The van der Waals surface area contributed by atoms with Crippen molar-refractivity contribution in [2.24, 2.45) is 11.3 Å². The average Bonchev–Trinajstić information content (AvgIpc) is 3.53. The molecule has 0 radical (unpaired) electrons. The van der Waals surface area contributed by atoms with Gasteiger partial charge in [0.05, 0.1) is 6.04 Å². The van der Waals surface area contributed by atoms with Gasteiger partial charge in [-0.1, -0.05) is 6.07 Å². The molecule has 1 saturated carbocycles. The lowest BCUT2D eigenvalue weighted by Gasteiger charge is -2.40. The van der Waals surface area contributed by atoms with E-state index in [0.29, 0.717) is 0 Å². The highest BCUT2D eigenvalue weighted by molar-refractivity contribution is 5.95. The summed E-state index contributed by atoms with van der Waals surface area (Å²) in [5, 5.41) is 3.22. The van der Waals surface area contributed by atoms with Crippen molar-refractivity contribution in [1.82, 2.24) is 15.2 Å². The standard InChI is InChI=1S/C27H32N4O2/c32-25(20-2-3-20)29-24-6-5-19-1-4-21(17-23(19)24)26(33)31-16-11-27(18-31)9-14-30(15-10-27)22-7-12-28-13-8-22/h1,4,7-8,12-13,17,20,24H,2-3,5-6,9-11,14-16,18H2,(H,29,32). The van der Waals surface area contributed by atoms with E-state index in [2.05, 4.69) is 44.4 Å². The van der Waals surface area contributed by atoms with Crippen molar-refractivity contribution in [3.05, 3.63) is 59.4 Å². The number of benzene rings is 1. The lowest BCUT2D eigenvalue weighted by molar-refractivity contribution is -0.123. The van der Waals surface area contributed by atoms with Gasteiger partial charge in [-0.3, -0.25) is 14.6 Å². The van der Waals surface area contributed by atoms with Crippen LogP contribution in [-0.4, -0.2) is 47.9 Å². The third-order valence-corrected chi connectivity index (χ3v) is 8.31. The van der Waals surface area contributed by atoms with E-state index in [1.165, 1.54) is 11.3 Å². The van der Waals surface area contributed by atoms with Crippen molar-refractivity contribution >= 4 is 17.5 Å². The molecule has 2 amide bonds. The Balaban J connectivity index is 1.11. The molecule has 1 unspecified atom stereocenters. The van der Waals surface area contributed by atoms with Crippen molar-refractivity contribution in [3.63, 3.8) is 0 Å². The summed E-state index contributed by atoms with van der Waals surface area (Å²) < 4.78 is 0. The van der Waals surface area contributed by atoms with Crippen LogP contribution in [0.1, 0.15) is 66.1 Å². The smallest absolute Gasteiger partial charge is 0.253 e. The van der Waals surface area contributed by atoms with E-state index in [-0.39, 0.29) is 29.2 Å². The van der Waals surface area contributed by atoms with Crippen molar-refractivity contribution in [2.45, 2.75) is 51.0 Å². The predicted octanol–water partition coefficient (Wildman–Crippen LogP) is 3.73. The summed E-state index contributed by atoms with van der Waals surface area (Å²) in [5.74, 6) is 0.541. The van der Waals surface area contributed by atoms with Gasteiger partial charge >= 0.3 is 0 Å². The Morgan fingerprint density at radius 1 is 0.970 bits per heavy atom. The number of likely N-dealkylation sites (tertiary alicyclic amines) is 1. The van der Waals surface area contributed by atoms with Gasteiger partial charge in [-0.2, -0.15) is 0 Å². The molecule has 3 heterocycles. The molecule has 2 saturated heterocycles. The Morgan fingerprint density at radius 3 is 2.48 bits per heavy atom. The topological polar surface area (TPSA) is 65.5 Å². The van der Waals surface area contributed by atoms with E-state index in [1.54, 1.807) is 0 Å². The molecule has 1 atom stereocenters. The molecule has 6 heteroatoms. The Kier molecular flexibility index (Phi) is 5.11. The zero-order valence-electron chi connectivity index (χ0n) is 19.1. The lowest BCUT2D eigenvalue weighted by atomic mass is 9.77. The molecule has 2 aromatic rings. The zero-order chi connectivity index (χ0) is 22.4. The van der Waals surface area contributed by atoms with E-state index in [9.17, 15) is 9.59 Å². The molecule has 3 fully saturated rings. The first-order valence-electron chi connectivity index (χ1n) is 12.5. The van der Waals surface area contributed by atoms with Crippen LogP contribution in [0.3, 0.4) is 0 Å². The van der Waals surface area contributed by atoms with Crippen LogP contribution in [0.15, 0.2) is 42.7 Å². The first-order chi connectivity index (χ1) is 16.1. The number of anilines is 1. The predicted molar refractivity (Wildman–Crippen MR) is 127 cm³/mol. The maximum atomic E-state index is 13.4. The first-order valence-corrected chi connectivity index (χ1v) is 12.5. The number of carbonyl (C=O) groups excluding carboxylic acids is 2. The normalized spacial score (nSPS) is 23.6. The minimum Gasteiger partial charge on any atom is -0.371 e. The van der Waals surface area contributed by atoms with Crippen LogP contribution in [-0.2, 0) is 11.2 Å². The molecule has 172 valence electrons. The van der Waals surface area contributed by atoms with Gasteiger partial charge < -0.3 is 15.1 Å². The van der Waals surface area contributed by atoms with Crippen LogP contribution in [0.25, 0.3) is 0 Å². The SMILES string of the molecule is O=C(NC1CCc2ccc(C(=O)N3CCC4(CCN(c5ccncc5)CC4)C3)cc21)C1CC1. The fourth-order valence-electron chi connectivity index (χ4n) is 6.01. The summed E-state index contributed by atoms with van der Waals surface area (Å²) in [4.78, 5) is 34.4. The molecule has 1 N–H and O–H groups in total. The van der Waals surface area contributed by atoms with E-state index < -0.39 is 0 Å². The number of aromatic nitrogens is 1. The summed E-state index contributed by atoms with van der Waals surface area (Å²) in [5.41, 5.74) is 4.68. The minimum absolute atomic E-state index is 0.0586. The number of carbonyl (C=O) groups is 2. The lowest BCUT2D eigenvalue weighted by Crippen LogP contribution is -2.42. The quantitative estimate of drug-likeness (QED) is 0.781. The third-order valence-electron chi connectivity index (χ3n) is 8.31. The van der Waals surface area contributed by atoms with Gasteiger partial charge in [-0.05, 0) is 85.8 Å². The Bertz CT molecular complexity index is 1060. The molecule has 1 aromatic heterocycles. The van der Waals surface area contributed by atoms with Crippen molar-refractivity contribution in [3.8, 4) is 0 Å². The molecule has 6 nitrogen and oxygen atoms in total. The van der Waals surface area contributed by atoms with Gasteiger partial charge in [0, 0.05) is 55.7 Å². The number of nitrogens with zero attached hydrogens (tertiary/aromatic N) is 3. The molecule has 0 bridgehead atoms. The van der Waals surface area contributed by atoms with E-state index in [1.807, 2.05) is 18.5 Å². The summed E-state index contributed by atoms with van der Waals surface area (Å²) >= 11 is 0. The van der Waals surface area contributed by atoms with E-state index in [0.717, 1.165) is 82.3 Å². The number of rotatable bonds is 4. The molecular formula is C27H32N4O2. The van der Waals surface area contributed by atoms with E-state index >= 15 is 0 Å². The fourth-order valence-corrected chi connectivity index (χ4v) is 6.01. The second-order valence-corrected chi connectivity index (χ2v) is 10.5. The van der Waals surface area contributed by atoms with Crippen molar-refractivity contribution in [2.75, 3.05) is 31.1 Å². The highest BCUT2D eigenvalue weighted by Gasteiger charge is 2.42. The second-order valence-electron chi connectivity index (χ2n) is 10.5. The van der Waals surface area contributed by atoms with Crippen molar-refractivity contribution < 1.29 is 9.59 Å². The Labute approximate surface area is 195 Å². The van der Waals surface area contributed by atoms with Gasteiger partial charge in [0.2, 0.25) is 5.91 Å². The largest absolute Gasteiger partial charge is 0.371 e. The van der Waals surface area contributed by atoms with Crippen LogP contribution in [0, 0.1) is 11.3 Å². The number of hydrogen-bond donors (Lipinski definition) is 1. The van der Waals surface area contributed by atoms with Gasteiger partial charge in [0.15, 0.2) is 0 Å². The summed E-state index contributed by atoms with van der Waals surface area (Å²) in [6.45, 7) is 3.77. The summed E-state index contributed by atoms with van der Waals surface area (Å²) in [6.07, 6.45) is 11.0. The Morgan fingerprint density at radius 2 is 1.73 bits per heavy atom. The number of piperidine rings is 1. The summed E-state index contributed by atoms with van der Waals surface area (Å²) in [7, 11) is 0. The maximum Gasteiger partial charge on any atom is 0.253 e. The fraction of sp³-hybridized carbons (Fsp3) is 0.519. The van der Waals surface area contributed by atoms with Crippen LogP contribution in [0.5, 0.6) is 0 Å². The number of amides is 2. The van der Waals surface area contributed by atoms with Crippen LogP contribution >= 0.6 is 0 Å². The van der Waals surface area contributed by atoms with Crippen LogP contribution in [0.4, 0.5) is 5.69 Å².